The molecule has 1 aromatic heterocycles. The molecule has 0 radical (unpaired) electrons. The zero-order chi connectivity index (χ0) is 30.9. The van der Waals surface area contributed by atoms with Crippen LogP contribution in [0.1, 0.15) is 84.6 Å². The molecular weight excluding hydrogens is 587 g/mol. The van der Waals surface area contributed by atoms with Crippen LogP contribution in [-0.2, 0) is 20.7 Å². The molecule has 44 heavy (non-hydrogen) atoms. The first-order valence-corrected chi connectivity index (χ1v) is 16.1. The highest BCUT2D eigenvalue weighted by Gasteiger charge is 2.57. The molecule has 1 aromatic carbocycles. The number of piperidine rings is 1. The van der Waals surface area contributed by atoms with Crippen LogP contribution in [0.5, 0.6) is 0 Å². The number of nitrogens with one attached hydrogen (secondary N) is 1. The number of likely N-dealkylation sites (N-methyl/N-ethyl adjacent to an activating group) is 1. The Labute approximate surface area is 260 Å². The average molecular weight is 623 g/mol. The second kappa shape index (κ2) is 11.1. The lowest BCUT2D eigenvalue weighted by molar-refractivity contribution is -0.128. The minimum absolute atomic E-state index is 0.0346. The Kier molecular flexibility index (Phi) is 7.40. The first kappa shape index (κ1) is 29.2. The van der Waals surface area contributed by atoms with Gasteiger partial charge in [0.15, 0.2) is 5.69 Å². The number of amides is 3. The Bertz CT molecular complexity index is 1580. The van der Waals surface area contributed by atoms with Crippen LogP contribution >= 0.6 is 11.6 Å². The molecule has 2 aromatic rings. The fraction of sp³-hybridized carbons (Fsp3) is 0.594. The smallest absolute Gasteiger partial charge is 0.276 e. The first-order valence-electron chi connectivity index (χ1n) is 15.7. The second-order valence-electron chi connectivity index (χ2n) is 12.9. The monoisotopic (exact) mass is 622 g/mol. The van der Waals surface area contributed by atoms with Gasteiger partial charge in [-0.25, -0.2) is 9.07 Å². The quantitative estimate of drug-likeness (QED) is 0.497. The third kappa shape index (κ3) is 4.78. The van der Waals surface area contributed by atoms with E-state index in [0.717, 1.165) is 19.3 Å². The van der Waals surface area contributed by atoms with Crippen LogP contribution in [-0.4, -0.2) is 70.3 Å². The maximum absolute atomic E-state index is 14.7. The molecular formula is C32H36ClFN6O4. The standard InChI is InChI=1S/C32H36ClFN6O4/c1-3-38-30-26(25(17-5-6-17)28(31(38)42)36-24(41)14-21-22(34)7-4-16(2)27(21)33)29(37-40(30)19-8-10-44-11-9-19)32(43)39-20(15-35)12-18-13-23(18)39/h4,7,17-20,23,25,28H,3,5-6,8-14H2,1-2H3,(H,36,41)/t18-,20-,23+,25-,28-/m0/s1. The number of hydrogen-bond acceptors (Lipinski definition) is 6. The zero-order valence-electron chi connectivity index (χ0n) is 24.9. The first-order chi connectivity index (χ1) is 21.2. The predicted molar refractivity (Wildman–Crippen MR) is 159 cm³/mol. The zero-order valence-corrected chi connectivity index (χ0v) is 25.6. The van der Waals surface area contributed by atoms with Crippen molar-refractivity contribution >= 4 is 35.1 Å². The summed E-state index contributed by atoms with van der Waals surface area (Å²) >= 11 is 6.37. The van der Waals surface area contributed by atoms with Gasteiger partial charge >= 0.3 is 0 Å². The topological polar surface area (TPSA) is 121 Å². The summed E-state index contributed by atoms with van der Waals surface area (Å²) in [5.74, 6) is -1.11. The van der Waals surface area contributed by atoms with E-state index in [9.17, 15) is 24.0 Å². The maximum atomic E-state index is 14.7. The van der Waals surface area contributed by atoms with Crippen molar-refractivity contribution < 1.29 is 23.5 Å². The number of rotatable bonds is 7. The van der Waals surface area contributed by atoms with Crippen molar-refractivity contribution in [2.24, 2.45) is 11.8 Å². The van der Waals surface area contributed by atoms with E-state index in [4.69, 9.17) is 21.4 Å². The van der Waals surface area contributed by atoms with E-state index < -0.39 is 29.7 Å². The van der Waals surface area contributed by atoms with Gasteiger partial charge in [-0.05, 0) is 75.8 Å². The van der Waals surface area contributed by atoms with Crippen LogP contribution < -0.4 is 10.2 Å². The fourth-order valence-electron chi connectivity index (χ4n) is 7.62. The molecule has 2 saturated heterocycles. The van der Waals surface area contributed by atoms with Gasteiger partial charge in [-0.2, -0.15) is 10.4 Å². The number of aryl methyl sites for hydroxylation is 1. The van der Waals surface area contributed by atoms with Crippen molar-refractivity contribution in [3.8, 4) is 6.07 Å². The van der Waals surface area contributed by atoms with E-state index in [1.165, 1.54) is 6.07 Å². The molecule has 5 atom stereocenters. The molecule has 2 aliphatic carbocycles. The summed E-state index contributed by atoms with van der Waals surface area (Å²) in [7, 11) is 0. The van der Waals surface area contributed by atoms with Crippen LogP contribution in [0.4, 0.5) is 10.2 Å². The molecule has 0 bridgehead atoms. The van der Waals surface area contributed by atoms with Gasteiger partial charge in [0.2, 0.25) is 5.91 Å². The van der Waals surface area contributed by atoms with Crippen LogP contribution in [0.15, 0.2) is 12.1 Å². The third-order valence-electron chi connectivity index (χ3n) is 10.1. The van der Waals surface area contributed by atoms with E-state index in [0.29, 0.717) is 61.9 Å². The van der Waals surface area contributed by atoms with Crippen molar-refractivity contribution in [3.63, 3.8) is 0 Å². The number of likely N-dealkylation sites (tertiary alicyclic amines) is 1. The molecule has 0 unspecified atom stereocenters. The van der Waals surface area contributed by atoms with E-state index in [1.54, 1.807) is 22.8 Å². The summed E-state index contributed by atoms with van der Waals surface area (Å²) < 4.78 is 22.2. The lowest BCUT2D eigenvalue weighted by atomic mass is 9.82. The molecule has 10 nitrogen and oxygen atoms in total. The molecule has 4 heterocycles. The van der Waals surface area contributed by atoms with Crippen LogP contribution in [0.2, 0.25) is 5.02 Å². The highest BCUT2D eigenvalue weighted by Crippen LogP contribution is 2.53. The molecule has 0 spiro atoms. The predicted octanol–water partition coefficient (Wildman–Crippen LogP) is 4.05. The maximum Gasteiger partial charge on any atom is 0.276 e. The van der Waals surface area contributed by atoms with Gasteiger partial charge in [0, 0.05) is 42.8 Å². The summed E-state index contributed by atoms with van der Waals surface area (Å²) in [5, 5.41) is 18.0. The van der Waals surface area contributed by atoms with Crippen LogP contribution in [0.3, 0.4) is 0 Å². The second-order valence-corrected chi connectivity index (χ2v) is 13.2. The number of carbonyl (C=O) groups excluding carboxylic acids is 3. The average Bonchev–Trinajstić information content (AvgIpc) is 3.95. The number of fused-ring (bicyclic) bond motifs is 2. The Hall–Kier alpha value is -3.49. The number of anilines is 1. The van der Waals surface area contributed by atoms with Crippen LogP contribution in [0.25, 0.3) is 0 Å². The molecule has 3 aliphatic heterocycles. The Morgan fingerprint density at radius 3 is 2.61 bits per heavy atom. The third-order valence-corrected chi connectivity index (χ3v) is 10.6. The van der Waals surface area contributed by atoms with Gasteiger partial charge < -0.3 is 15.0 Å². The summed E-state index contributed by atoms with van der Waals surface area (Å²) in [5.41, 5.74) is 1.69. The Morgan fingerprint density at radius 2 is 1.93 bits per heavy atom. The normalized spacial score (nSPS) is 28.0. The summed E-state index contributed by atoms with van der Waals surface area (Å²) in [6.07, 6.45) is 4.31. The van der Waals surface area contributed by atoms with Crippen molar-refractivity contribution in [1.29, 1.82) is 5.26 Å². The molecule has 2 saturated carbocycles. The minimum atomic E-state index is -0.952. The van der Waals surface area contributed by atoms with Gasteiger partial charge in [0.1, 0.15) is 23.7 Å². The fourth-order valence-corrected chi connectivity index (χ4v) is 7.84. The number of carbonyl (C=O) groups is 3. The van der Waals surface area contributed by atoms with Crippen molar-refractivity contribution in [2.75, 3.05) is 24.7 Å². The molecule has 232 valence electrons. The lowest BCUT2D eigenvalue weighted by Crippen LogP contribution is -2.56. The largest absolute Gasteiger partial charge is 0.381 e. The number of nitrogens with zero attached hydrogens (tertiary/aromatic N) is 5. The minimum Gasteiger partial charge on any atom is -0.381 e. The van der Waals surface area contributed by atoms with E-state index >= 15 is 0 Å². The van der Waals surface area contributed by atoms with Crippen molar-refractivity contribution in [1.82, 2.24) is 20.0 Å². The number of halogens is 2. The number of hydrogen-bond donors (Lipinski definition) is 1. The molecule has 1 N–H and O–H groups in total. The SMILES string of the molecule is CCN1C(=O)[C@@H](NC(=O)Cc2c(F)ccc(C)c2Cl)[C@@H](C2CC2)c2c(C(=O)N3[C@H](C#N)C[C@H]4C[C@H]43)nn(C3CCOCC3)c21. The van der Waals surface area contributed by atoms with Gasteiger partial charge in [0.25, 0.3) is 11.8 Å². The van der Waals surface area contributed by atoms with Crippen molar-refractivity contribution in [2.45, 2.75) is 88.9 Å². The Morgan fingerprint density at radius 1 is 1.18 bits per heavy atom. The number of benzene rings is 1. The highest BCUT2D eigenvalue weighted by atomic mass is 35.5. The summed E-state index contributed by atoms with van der Waals surface area (Å²) in [6.45, 7) is 5.03. The highest BCUT2D eigenvalue weighted by molar-refractivity contribution is 6.32. The van der Waals surface area contributed by atoms with Gasteiger partial charge in [-0.3, -0.25) is 19.3 Å². The lowest BCUT2D eigenvalue weighted by Gasteiger charge is -2.39. The number of aromatic nitrogens is 2. The molecule has 5 aliphatic rings. The van der Waals surface area contributed by atoms with Gasteiger partial charge in [0.05, 0.1) is 23.6 Å². The number of ether oxygens (including phenoxy) is 1. The number of nitriles is 1. The van der Waals surface area contributed by atoms with Gasteiger partial charge in [-0.15, -0.1) is 0 Å². The van der Waals surface area contributed by atoms with E-state index in [-0.39, 0.29) is 52.5 Å². The summed E-state index contributed by atoms with van der Waals surface area (Å²) in [4.78, 5) is 45.5. The molecule has 4 fully saturated rings. The molecule has 3 amide bonds. The van der Waals surface area contributed by atoms with Gasteiger partial charge in [-0.1, -0.05) is 17.7 Å². The molecule has 12 heteroatoms. The molecule has 7 rings (SSSR count). The van der Waals surface area contributed by atoms with E-state index in [2.05, 4.69) is 11.4 Å². The van der Waals surface area contributed by atoms with E-state index in [1.807, 2.05) is 11.6 Å². The Balaban J connectivity index is 1.31. The van der Waals surface area contributed by atoms with Crippen molar-refractivity contribution in [3.05, 3.63) is 45.4 Å². The summed E-state index contributed by atoms with van der Waals surface area (Å²) in [6, 6.07) is 3.67. The van der Waals surface area contributed by atoms with Crippen LogP contribution in [0, 0.1) is 35.9 Å².